The summed E-state index contributed by atoms with van der Waals surface area (Å²) in [4.78, 5) is 0. The normalized spacial score (nSPS) is 12.1. The zero-order valence-electron chi connectivity index (χ0n) is 10.7. The molecule has 2 heteroatoms. The molecule has 0 aliphatic carbocycles. The molecule has 94 valence electrons. The third-order valence-electron chi connectivity index (χ3n) is 2.87. The van der Waals surface area contributed by atoms with Crippen molar-refractivity contribution >= 4 is 0 Å². The van der Waals surface area contributed by atoms with Gasteiger partial charge in [-0.15, -0.1) is 0 Å². The second-order valence-corrected chi connectivity index (χ2v) is 4.27. The maximum absolute atomic E-state index is 6.31. The van der Waals surface area contributed by atoms with E-state index in [1.807, 2.05) is 54.6 Å². The summed E-state index contributed by atoms with van der Waals surface area (Å²) >= 11 is 0. The summed E-state index contributed by atoms with van der Waals surface area (Å²) in [7, 11) is 0. The first-order valence-electron chi connectivity index (χ1n) is 6.35. The first-order chi connectivity index (χ1) is 8.83. The minimum absolute atomic E-state index is 0.140. The number of ether oxygens (including phenoxy) is 1. The van der Waals surface area contributed by atoms with E-state index in [1.165, 1.54) is 0 Å². The van der Waals surface area contributed by atoms with E-state index in [-0.39, 0.29) is 6.04 Å². The third-order valence-corrected chi connectivity index (χ3v) is 2.87. The van der Waals surface area contributed by atoms with Gasteiger partial charge >= 0.3 is 0 Å². The van der Waals surface area contributed by atoms with Crippen LogP contribution in [0.5, 0.6) is 5.75 Å². The van der Waals surface area contributed by atoms with Crippen molar-refractivity contribution in [3.05, 3.63) is 65.7 Å². The molecule has 0 saturated heterocycles. The lowest BCUT2D eigenvalue weighted by molar-refractivity contribution is 0.313. The van der Waals surface area contributed by atoms with Crippen LogP contribution >= 0.6 is 0 Å². The van der Waals surface area contributed by atoms with Crippen LogP contribution in [0.4, 0.5) is 0 Å². The Morgan fingerprint density at radius 3 is 2.39 bits per heavy atom. The Bertz CT molecular complexity index is 481. The topological polar surface area (TPSA) is 35.2 Å². The SMILES string of the molecule is CCCOc1ccccc1C(N)c1ccccc1. The minimum atomic E-state index is -0.140. The molecule has 1 atom stereocenters. The number of nitrogens with two attached hydrogens (primary N) is 1. The molecule has 0 spiro atoms. The van der Waals surface area contributed by atoms with E-state index in [1.54, 1.807) is 0 Å². The van der Waals surface area contributed by atoms with Gasteiger partial charge in [0.2, 0.25) is 0 Å². The maximum Gasteiger partial charge on any atom is 0.124 e. The van der Waals surface area contributed by atoms with Crippen molar-refractivity contribution in [1.29, 1.82) is 0 Å². The van der Waals surface area contributed by atoms with Gasteiger partial charge in [-0.05, 0) is 18.1 Å². The van der Waals surface area contributed by atoms with Gasteiger partial charge in [0.1, 0.15) is 5.75 Å². The predicted octanol–water partition coefficient (Wildman–Crippen LogP) is 3.52. The molecule has 0 radical (unpaired) electrons. The quantitative estimate of drug-likeness (QED) is 0.869. The van der Waals surface area contributed by atoms with E-state index in [0.29, 0.717) is 0 Å². The molecule has 18 heavy (non-hydrogen) atoms. The van der Waals surface area contributed by atoms with E-state index >= 15 is 0 Å². The number of hydrogen-bond acceptors (Lipinski definition) is 2. The number of para-hydroxylation sites is 1. The predicted molar refractivity (Wildman–Crippen MR) is 74.7 cm³/mol. The number of benzene rings is 2. The molecule has 0 saturated carbocycles. The standard InChI is InChI=1S/C16H19NO/c1-2-12-18-15-11-7-6-10-14(15)16(17)13-8-4-3-5-9-13/h3-11,16H,2,12,17H2,1H3. The summed E-state index contributed by atoms with van der Waals surface area (Å²) in [5, 5.41) is 0. The lowest BCUT2D eigenvalue weighted by atomic mass is 9.99. The van der Waals surface area contributed by atoms with Crippen LogP contribution in [0.1, 0.15) is 30.5 Å². The Kier molecular flexibility index (Phi) is 4.37. The van der Waals surface area contributed by atoms with Crippen LogP contribution in [0, 0.1) is 0 Å². The Labute approximate surface area is 108 Å². The van der Waals surface area contributed by atoms with Gasteiger partial charge in [0.15, 0.2) is 0 Å². The molecule has 0 aliphatic heterocycles. The molecule has 0 amide bonds. The average Bonchev–Trinajstić information content (AvgIpc) is 2.45. The fourth-order valence-electron chi connectivity index (χ4n) is 1.92. The molecular weight excluding hydrogens is 222 g/mol. The highest BCUT2D eigenvalue weighted by Crippen LogP contribution is 2.28. The van der Waals surface area contributed by atoms with E-state index in [0.717, 1.165) is 29.9 Å². The lowest BCUT2D eigenvalue weighted by Gasteiger charge is -2.17. The van der Waals surface area contributed by atoms with Crippen LogP contribution in [0.3, 0.4) is 0 Å². The number of rotatable bonds is 5. The van der Waals surface area contributed by atoms with Gasteiger partial charge in [-0.25, -0.2) is 0 Å². The molecule has 1 unspecified atom stereocenters. The van der Waals surface area contributed by atoms with Gasteiger partial charge in [-0.3, -0.25) is 0 Å². The Morgan fingerprint density at radius 2 is 1.67 bits per heavy atom. The monoisotopic (exact) mass is 241 g/mol. The maximum atomic E-state index is 6.31. The second kappa shape index (κ2) is 6.22. The molecule has 2 aromatic carbocycles. The number of hydrogen-bond donors (Lipinski definition) is 1. The average molecular weight is 241 g/mol. The first-order valence-corrected chi connectivity index (χ1v) is 6.35. The molecule has 0 heterocycles. The van der Waals surface area contributed by atoms with Gasteiger partial charge in [-0.2, -0.15) is 0 Å². The summed E-state index contributed by atoms with van der Waals surface area (Å²) in [6, 6.07) is 17.9. The van der Waals surface area contributed by atoms with E-state index in [4.69, 9.17) is 10.5 Å². The molecular formula is C16H19NO. The van der Waals surface area contributed by atoms with E-state index in [9.17, 15) is 0 Å². The molecule has 2 nitrogen and oxygen atoms in total. The van der Waals surface area contributed by atoms with Gasteiger partial charge in [0, 0.05) is 5.56 Å². The summed E-state index contributed by atoms with van der Waals surface area (Å²) in [5.41, 5.74) is 8.45. The summed E-state index contributed by atoms with van der Waals surface area (Å²) in [6.45, 7) is 2.82. The molecule has 0 aromatic heterocycles. The molecule has 2 aromatic rings. The van der Waals surface area contributed by atoms with Crippen molar-refractivity contribution in [3.8, 4) is 5.75 Å². The van der Waals surface area contributed by atoms with Crippen molar-refractivity contribution in [3.63, 3.8) is 0 Å². The van der Waals surface area contributed by atoms with E-state index in [2.05, 4.69) is 6.92 Å². The van der Waals surface area contributed by atoms with Crippen LogP contribution in [-0.4, -0.2) is 6.61 Å². The van der Waals surface area contributed by atoms with Crippen LogP contribution in [0.2, 0.25) is 0 Å². The molecule has 2 rings (SSSR count). The van der Waals surface area contributed by atoms with Gasteiger partial charge < -0.3 is 10.5 Å². The summed E-state index contributed by atoms with van der Waals surface area (Å²) in [5.74, 6) is 0.885. The highest BCUT2D eigenvalue weighted by molar-refractivity contribution is 5.41. The van der Waals surface area contributed by atoms with Gasteiger partial charge in [0.25, 0.3) is 0 Å². The molecule has 0 aliphatic rings. The van der Waals surface area contributed by atoms with Crippen molar-refractivity contribution in [2.45, 2.75) is 19.4 Å². The van der Waals surface area contributed by atoms with Crippen LogP contribution < -0.4 is 10.5 Å². The van der Waals surface area contributed by atoms with Crippen LogP contribution in [0.25, 0.3) is 0 Å². The third kappa shape index (κ3) is 2.90. The Balaban J connectivity index is 2.27. The largest absolute Gasteiger partial charge is 0.493 e. The molecule has 2 N–H and O–H groups in total. The van der Waals surface area contributed by atoms with Crippen molar-refractivity contribution in [2.75, 3.05) is 6.61 Å². The lowest BCUT2D eigenvalue weighted by Crippen LogP contribution is -2.13. The zero-order chi connectivity index (χ0) is 12.8. The first kappa shape index (κ1) is 12.7. The smallest absolute Gasteiger partial charge is 0.124 e. The molecule has 0 fully saturated rings. The summed E-state index contributed by atoms with van der Waals surface area (Å²) < 4.78 is 5.75. The Hall–Kier alpha value is -1.80. The van der Waals surface area contributed by atoms with Crippen LogP contribution in [0.15, 0.2) is 54.6 Å². The zero-order valence-corrected chi connectivity index (χ0v) is 10.7. The van der Waals surface area contributed by atoms with Crippen LogP contribution in [-0.2, 0) is 0 Å². The minimum Gasteiger partial charge on any atom is -0.493 e. The highest BCUT2D eigenvalue weighted by Gasteiger charge is 2.13. The molecule has 0 bridgehead atoms. The second-order valence-electron chi connectivity index (χ2n) is 4.27. The van der Waals surface area contributed by atoms with Crippen molar-refractivity contribution < 1.29 is 4.74 Å². The summed E-state index contributed by atoms with van der Waals surface area (Å²) in [6.07, 6.45) is 0.995. The fraction of sp³-hybridized carbons (Fsp3) is 0.250. The van der Waals surface area contributed by atoms with Crippen molar-refractivity contribution in [2.24, 2.45) is 5.73 Å². The van der Waals surface area contributed by atoms with E-state index < -0.39 is 0 Å². The fourth-order valence-corrected chi connectivity index (χ4v) is 1.92. The highest BCUT2D eigenvalue weighted by atomic mass is 16.5. The van der Waals surface area contributed by atoms with Gasteiger partial charge in [0.05, 0.1) is 12.6 Å². The van der Waals surface area contributed by atoms with Crippen molar-refractivity contribution in [1.82, 2.24) is 0 Å². The Morgan fingerprint density at radius 1 is 1.00 bits per heavy atom. The van der Waals surface area contributed by atoms with Gasteiger partial charge in [-0.1, -0.05) is 55.5 Å².